The molecule has 0 aliphatic rings. The van der Waals surface area contributed by atoms with Gasteiger partial charge < -0.3 is 4.74 Å². The number of aryl methyl sites for hydroxylation is 1. The molecule has 1 aromatic carbocycles. The van der Waals surface area contributed by atoms with Crippen LogP contribution in [0.1, 0.15) is 51.0 Å². The van der Waals surface area contributed by atoms with Crippen LogP contribution in [0.3, 0.4) is 0 Å². The van der Waals surface area contributed by atoms with Crippen molar-refractivity contribution in [1.82, 2.24) is 0 Å². The van der Waals surface area contributed by atoms with E-state index in [4.69, 9.17) is 4.74 Å². The van der Waals surface area contributed by atoms with Crippen molar-refractivity contribution in [2.24, 2.45) is 0 Å². The van der Waals surface area contributed by atoms with Gasteiger partial charge in [-0.2, -0.15) is 0 Å². The third-order valence-corrected chi connectivity index (χ3v) is 3.30. The van der Waals surface area contributed by atoms with Gasteiger partial charge in [-0.3, -0.25) is 0 Å². The molecule has 0 bridgehead atoms. The summed E-state index contributed by atoms with van der Waals surface area (Å²) in [6, 6.07) is 10.7. The second-order valence-electron chi connectivity index (χ2n) is 4.73. The standard InChI is InChI=1S/C16H26O/c1-3-4-13-16(17-2)14-9-8-12-15-10-6-5-7-11-15/h5-7,10-11,16H,3-4,8-9,12-14H2,1-2H3. The first-order chi connectivity index (χ1) is 8.36. The number of ether oxygens (including phenoxy) is 1. The van der Waals surface area contributed by atoms with E-state index < -0.39 is 0 Å². The van der Waals surface area contributed by atoms with Crippen LogP contribution in [0.15, 0.2) is 30.3 Å². The fourth-order valence-corrected chi connectivity index (χ4v) is 2.16. The Hall–Kier alpha value is -0.820. The minimum Gasteiger partial charge on any atom is -0.381 e. The third kappa shape index (κ3) is 6.48. The Balaban J connectivity index is 2.10. The van der Waals surface area contributed by atoms with Crippen LogP contribution in [-0.2, 0) is 11.2 Å². The van der Waals surface area contributed by atoms with Crippen LogP contribution in [0.2, 0.25) is 0 Å². The maximum Gasteiger partial charge on any atom is 0.0571 e. The van der Waals surface area contributed by atoms with E-state index in [-0.39, 0.29) is 0 Å². The first-order valence-electron chi connectivity index (χ1n) is 6.93. The highest BCUT2D eigenvalue weighted by Crippen LogP contribution is 2.13. The van der Waals surface area contributed by atoms with Gasteiger partial charge >= 0.3 is 0 Å². The average Bonchev–Trinajstić information content (AvgIpc) is 2.39. The Kier molecular flexibility index (Phi) is 7.74. The van der Waals surface area contributed by atoms with Crippen molar-refractivity contribution in [1.29, 1.82) is 0 Å². The smallest absolute Gasteiger partial charge is 0.0571 e. The zero-order chi connectivity index (χ0) is 12.3. The third-order valence-electron chi connectivity index (χ3n) is 3.30. The second-order valence-corrected chi connectivity index (χ2v) is 4.73. The van der Waals surface area contributed by atoms with Crippen molar-refractivity contribution < 1.29 is 4.74 Å². The maximum absolute atomic E-state index is 5.50. The van der Waals surface area contributed by atoms with Gasteiger partial charge in [-0.1, -0.05) is 56.5 Å². The molecule has 0 saturated heterocycles. The molecule has 0 N–H and O–H groups in total. The van der Waals surface area contributed by atoms with E-state index in [1.165, 1.54) is 50.5 Å². The van der Waals surface area contributed by atoms with Crippen LogP contribution in [-0.4, -0.2) is 13.2 Å². The van der Waals surface area contributed by atoms with Crippen LogP contribution in [0.25, 0.3) is 0 Å². The summed E-state index contributed by atoms with van der Waals surface area (Å²) in [4.78, 5) is 0. The summed E-state index contributed by atoms with van der Waals surface area (Å²) in [5, 5.41) is 0. The lowest BCUT2D eigenvalue weighted by atomic mass is 10.0. The Morgan fingerprint density at radius 3 is 2.35 bits per heavy atom. The minimum absolute atomic E-state index is 0.478. The zero-order valence-electron chi connectivity index (χ0n) is 11.3. The van der Waals surface area contributed by atoms with E-state index in [2.05, 4.69) is 37.3 Å². The largest absolute Gasteiger partial charge is 0.381 e. The SMILES string of the molecule is CCCCC(CCCCc1ccccc1)OC. The van der Waals surface area contributed by atoms with Crippen LogP contribution < -0.4 is 0 Å². The molecule has 17 heavy (non-hydrogen) atoms. The van der Waals surface area contributed by atoms with E-state index >= 15 is 0 Å². The fourth-order valence-electron chi connectivity index (χ4n) is 2.16. The summed E-state index contributed by atoms with van der Waals surface area (Å²) in [7, 11) is 1.84. The van der Waals surface area contributed by atoms with Crippen LogP contribution >= 0.6 is 0 Å². The van der Waals surface area contributed by atoms with Crippen molar-refractivity contribution in [3.63, 3.8) is 0 Å². The Labute approximate surface area is 106 Å². The van der Waals surface area contributed by atoms with Gasteiger partial charge in [0.2, 0.25) is 0 Å². The molecule has 1 aromatic rings. The first kappa shape index (κ1) is 14.2. The van der Waals surface area contributed by atoms with Gasteiger partial charge in [0.15, 0.2) is 0 Å². The molecule has 1 unspecified atom stereocenters. The van der Waals surface area contributed by atoms with Gasteiger partial charge in [0.25, 0.3) is 0 Å². The van der Waals surface area contributed by atoms with Crippen molar-refractivity contribution >= 4 is 0 Å². The summed E-state index contributed by atoms with van der Waals surface area (Å²) in [5.41, 5.74) is 1.45. The first-order valence-corrected chi connectivity index (χ1v) is 6.93. The predicted octanol–water partition coefficient (Wildman–Crippen LogP) is 4.60. The van der Waals surface area contributed by atoms with Gasteiger partial charge in [-0.15, -0.1) is 0 Å². The fraction of sp³-hybridized carbons (Fsp3) is 0.625. The molecule has 0 spiro atoms. The normalized spacial score (nSPS) is 12.6. The lowest BCUT2D eigenvalue weighted by Gasteiger charge is -2.14. The molecule has 0 aliphatic carbocycles. The number of methoxy groups -OCH3 is 1. The minimum atomic E-state index is 0.478. The quantitative estimate of drug-likeness (QED) is 0.567. The molecule has 0 aromatic heterocycles. The molecule has 1 atom stereocenters. The molecule has 0 amide bonds. The van der Waals surface area contributed by atoms with E-state index in [0.717, 1.165) is 0 Å². The van der Waals surface area contributed by atoms with E-state index in [0.29, 0.717) is 6.10 Å². The highest BCUT2D eigenvalue weighted by atomic mass is 16.5. The second kappa shape index (κ2) is 9.23. The molecule has 0 radical (unpaired) electrons. The van der Waals surface area contributed by atoms with Crippen molar-refractivity contribution in [3.05, 3.63) is 35.9 Å². The number of benzene rings is 1. The van der Waals surface area contributed by atoms with Crippen LogP contribution in [0.4, 0.5) is 0 Å². The van der Waals surface area contributed by atoms with Crippen molar-refractivity contribution in [2.75, 3.05) is 7.11 Å². The monoisotopic (exact) mass is 234 g/mol. The zero-order valence-corrected chi connectivity index (χ0v) is 11.3. The topological polar surface area (TPSA) is 9.23 Å². The lowest BCUT2D eigenvalue weighted by Crippen LogP contribution is -2.10. The van der Waals surface area contributed by atoms with Gasteiger partial charge in [0.05, 0.1) is 6.10 Å². The summed E-state index contributed by atoms with van der Waals surface area (Å²) in [5.74, 6) is 0. The molecule has 0 heterocycles. The maximum atomic E-state index is 5.50. The lowest BCUT2D eigenvalue weighted by molar-refractivity contribution is 0.0838. The van der Waals surface area contributed by atoms with Gasteiger partial charge in [0, 0.05) is 7.11 Å². The predicted molar refractivity (Wildman–Crippen MR) is 74.3 cm³/mol. The summed E-state index contributed by atoms with van der Waals surface area (Å²) >= 11 is 0. The van der Waals surface area contributed by atoms with Crippen molar-refractivity contribution in [2.45, 2.75) is 58.0 Å². The van der Waals surface area contributed by atoms with Gasteiger partial charge in [-0.25, -0.2) is 0 Å². The average molecular weight is 234 g/mol. The van der Waals surface area contributed by atoms with Gasteiger partial charge in [-0.05, 0) is 31.2 Å². The van der Waals surface area contributed by atoms with E-state index in [1.54, 1.807) is 0 Å². The molecular formula is C16H26O. The molecular weight excluding hydrogens is 208 g/mol. The number of hydrogen-bond donors (Lipinski definition) is 0. The number of rotatable bonds is 9. The summed E-state index contributed by atoms with van der Waals surface area (Å²) in [6.45, 7) is 2.24. The molecule has 0 aliphatic heterocycles. The van der Waals surface area contributed by atoms with E-state index in [9.17, 15) is 0 Å². The molecule has 1 heteroatoms. The van der Waals surface area contributed by atoms with Gasteiger partial charge in [0.1, 0.15) is 0 Å². The van der Waals surface area contributed by atoms with Crippen LogP contribution in [0, 0.1) is 0 Å². The van der Waals surface area contributed by atoms with E-state index in [1.807, 2.05) is 7.11 Å². The molecule has 0 fully saturated rings. The Morgan fingerprint density at radius 2 is 1.71 bits per heavy atom. The summed E-state index contributed by atoms with van der Waals surface area (Å²) in [6.07, 6.45) is 9.21. The van der Waals surface area contributed by atoms with Crippen molar-refractivity contribution in [3.8, 4) is 0 Å². The molecule has 1 rings (SSSR count). The highest BCUT2D eigenvalue weighted by Gasteiger charge is 2.05. The molecule has 0 saturated carbocycles. The summed E-state index contributed by atoms with van der Waals surface area (Å²) < 4.78 is 5.50. The highest BCUT2D eigenvalue weighted by molar-refractivity contribution is 5.14. The number of hydrogen-bond acceptors (Lipinski definition) is 1. The Morgan fingerprint density at radius 1 is 1.00 bits per heavy atom. The van der Waals surface area contributed by atoms with Crippen LogP contribution in [0.5, 0.6) is 0 Å². The number of unbranched alkanes of at least 4 members (excludes halogenated alkanes) is 2. The molecule has 96 valence electrons. The Bertz CT molecular complexity index is 268. The molecule has 1 nitrogen and oxygen atoms in total.